The van der Waals surface area contributed by atoms with Crippen molar-refractivity contribution < 1.29 is 19.1 Å². The van der Waals surface area contributed by atoms with Gasteiger partial charge in [0.1, 0.15) is 12.2 Å². The molecule has 0 aromatic carbocycles. The van der Waals surface area contributed by atoms with Gasteiger partial charge in [0.25, 0.3) is 0 Å². The first kappa shape index (κ1) is 18.7. The molecule has 28 heavy (non-hydrogen) atoms. The monoisotopic (exact) mass is 386 g/mol. The molecule has 0 aromatic rings. The summed E-state index contributed by atoms with van der Waals surface area (Å²) < 4.78 is 11.4. The number of hydrogen-bond acceptors (Lipinski definition) is 4. The van der Waals surface area contributed by atoms with Crippen molar-refractivity contribution in [2.24, 2.45) is 40.4 Å². The fourth-order valence-corrected chi connectivity index (χ4v) is 8.41. The van der Waals surface area contributed by atoms with Crippen molar-refractivity contribution in [3.8, 4) is 0 Å². The van der Waals surface area contributed by atoms with E-state index in [1.54, 1.807) is 0 Å². The van der Waals surface area contributed by atoms with Crippen LogP contribution in [0.5, 0.6) is 0 Å². The number of fused-ring (bicyclic) bond motifs is 7. The minimum atomic E-state index is -0.155. The summed E-state index contributed by atoms with van der Waals surface area (Å²) in [5.74, 6) is 2.42. The molecule has 5 rings (SSSR count). The minimum absolute atomic E-state index is 0.0263. The predicted molar refractivity (Wildman–Crippen MR) is 105 cm³/mol. The van der Waals surface area contributed by atoms with Gasteiger partial charge >= 0.3 is 11.9 Å². The lowest BCUT2D eigenvalue weighted by Crippen LogP contribution is -2.51. The Bertz CT molecular complexity index is 741. The zero-order valence-electron chi connectivity index (χ0n) is 17.7. The Morgan fingerprint density at radius 3 is 2.75 bits per heavy atom. The van der Waals surface area contributed by atoms with Crippen LogP contribution in [0.4, 0.5) is 0 Å². The summed E-state index contributed by atoms with van der Waals surface area (Å²) in [5.41, 5.74) is 2.03. The summed E-state index contributed by atoms with van der Waals surface area (Å²) in [5, 5.41) is 0. The van der Waals surface area contributed by atoms with Gasteiger partial charge in [0.15, 0.2) is 0 Å². The topological polar surface area (TPSA) is 52.6 Å². The van der Waals surface area contributed by atoms with Crippen molar-refractivity contribution in [1.29, 1.82) is 0 Å². The van der Waals surface area contributed by atoms with Crippen LogP contribution in [0.25, 0.3) is 0 Å². The molecule has 154 valence electrons. The molecular formula is C24H34O4. The third-order valence-corrected chi connectivity index (χ3v) is 9.66. The molecule has 4 aliphatic carbocycles. The molecule has 3 saturated carbocycles. The van der Waals surface area contributed by atoms with Gasteiger partial charge in [-0.05, 0) is 67.1 Å². The predicted octanol–water partition coefficient (Wildman–Crippen LogP) is 4.67. The van der Waals surface area contributed by atoms with Gasteiger partial charge in [0.2, 0.25) is 0 Å². The summed E-state index contributed by atoms with van der Waals surface area (Å²) in [6, 6.07) is 0. The average molecular weight is 387 g/mol. The summed E-state index contributed by atoms with van der Waals surface area (Å²) >= 11 is 0. The Hall–Kier alpha value is -1.32. The lowest BCUT2D eigenvalue weighted by Gasteiger charge is -2.58. The molecule has 4 heteroatoms. The first-order valence-electron chi connectivity index (χ1n) is 11.3. The first-order valence-corrected chi connectivity index (χ1v) is 11.3. The highest BCUT2D eigenvalue weighted by molar-refractivity contribution is 5.75. The Morgan fingerprint density at radius 2 is 2.00 bits per heavy atom. The van der Waals surface area contributed by atoms with Crippen LogP contribution in [-0.2, 0) is 19.1 Å². The Balaban J connectivity index is 1.42. The second-order valence-electron chi connectivity index (χ2n) is 10.8. The van der Waals surface area contributed by atoms with Gasteiger partial charge in [-0.1, -0.05) is 32.4 Å². The van der Waals surface area contributed by atoms with Crippen LogP contribution in [0.3, 0.4) is 0 Å². The summed E-state index contributed by atoms with van der Waals surface area (Å²) in [4.78, 5) is 23.6. The van der Waals surface area contributed by atoms with Gasteiger partial charge in [-0.25, -0.2) is 0 Å². The van der Waals surface area contributed by atoms with Crippen molar-refractivity contribution in [3.63, 3.8) is 0 Å². The highest BCUT2D eigenvalue weighted by Crippen LogP contribution is 2.68. The zero-order chi connectivity index (χ0) is 19.8. The molecule has 0 radical (unpaired) electrons. The third-order valence-electron chi connectivity index (χ3n) is 9.66. The van der Waals surface area contributed by atoms with Crippen molar-refractivity contribution in [3.05, 3.63) is 11.6 Å². The molecule has 1 saturated heterocycles. The SMILES string of the molecule is CC(=O)O[C@@H]1CC[C@@]2(C)C(=CC[C@@H]3[C@H]2CC[C@]2(C)[C@@H]4[C@@H](C[C@@H]32)OC(=O)[C@@H]4C)C1. The highest BCUT2D eigenvalue weighted by Gasteiger charge is 2.65. The quantitative estimate of drug-likeness (QED) is 0.485. The number of hydrogen-bond donors (Lipinski definition) is 0. The van der Waals surface area contributed by atoms with Gasteiger partial charge in [0.05, 0.1) is 5.92 Å². The molecule has 1 heterocycles. The van der Waals surface area contributed by atoms with Crippen LogP contribution < -0.4 is 0 Å². The molecule has 0 aromatic heterocycles. The minimum Gasteiger partial charge on any atom is -0.462 e. The molecule has 4 nitrogen and oxygen atoms in total. The molecule has 0 amide bonds. The van der Waals surface area contributed by atoms with Crippen molar-refractivity contribution in [2.75, 3.05) is 0 Å². The van der Waals surface area contributed by atoms with Crippen LogP contribution in [0.2, 0.25) is 0 Å². The van der Waals surface area contributed by atoms with E-state index in [1.165, 1.54) is 25.3 Å². The van der Waals surface area contributed by atoms with E-state index in [2.05, 4.69) is 26.8 Å². The van der Waals surface area contributed by atoms with Crippen LogP contribution in [0.15, 0.2) is 11.6 Å². The van der Waals surface area contributed by atoms with E-state index in [-0.39, 0.29) is 40.9 Å². The Morgan fingerprint density at radius 1 is 1.21 bits per heavy atom. The molecule has 0 unspecified atom stereocenters. The van der Waals surface area contributed by atoms with Gasteiger partial charge in [-0.15, -0.1) is 0 Å². The number of carbonyl (C=O) groups excluding carboxylic acids is 2. The maximum absolute atomic E-state index is 12.2. The van der Waals surface area contributed by atoms with E-state index in [0.717, 1.165) is 32.1 Å². The van der Waals surface area contributed by atoms with E-state index >= 15 is 0 Å². The summed E-state index contributed by atoms with van der Waals surface area (Å²) in [6.07, 6.45) is 10.4. The lowest BCUT2D eigenvalue weighted by molar-refractivity contribution is -0.148. The van der Waals surface area contributed by atoms with Crippen molar-refractivity contribution in [2.45, 2.75) is 84.8 Å². The molecule has 9 atom stereocenters. The maximum atomic E-state index is 12.2. The summed E-state index contributed by atoms with van der Waals surface area (Å²) in [6.45, 7) is 8.53. The molecule has 5 aliphatic rings. The standard InChI is InChI=1S/C24H34O4/c1-13-21-20(28-22(13)26)12-19-17-6-5-15-11-16(27-14(2)25)7-9-23(15,3)18(17)8-10-24(19,21)4/h5,13,16-21H,6-12H2,1-4H3/t13-,16-,17-,18-,19+,20-,21+,23+,24+/m1/s1. The average Bonchev–Trinajstić information content (AvgIpc) is 3.08. The van der Waals surface area contributed by atoms with E-state index in [9.17, 15) is 9.59 Å². The van der Waals surface area contributed by atoms with Crippen molar-refractivity contribution >= 4 is 11.9 Å². The normalized spacial score (nSPS) is 51.9. The van der Waals surface area contributed by atoms with Crippen LogP contribution in [0.1, 0.15) is 72.6 Å². The van der Waals surface area contributed by atoms with Crippen molar-refractivity contribution in [1.82, 2.24) is 0 Å². The third kappa shape index (κ3) is 2.42. The van der Waals surface area contributed by atoms with Gasteiger partial charge < -0.3 is 9.47 Å². The van der Waals surface area contributed by atoms with Crippen LogP contribution in [0, 0.1) is 40.4 Å². The molecule has 0 bridgehead atoms. The lowest BCUT2D eigenvalue weighted by atomic mass is 9.47. The summed E-state index contributed by atoms with van der Waals surface area (Å²) in [7, 11) is 0. The van der Waals surface area contributed by atoms with Crippen LogP contribution in [-0.4, -0.2) is 24.1 Å². The molecular weight excluding hydrogens is 352 g/mol. The van der Waals surface area contributed by atoms with E-state index in [0.29, 0.717) is 23.7 Å². The van der Waals surface area contributed by atoms with Gasteiger partial charge in [-0.3, -0.25) is 9.59 Å². The number of allylic oxidation sites excluding steroid dienone is 1. The number of rotatable bonds is 1. The van der Waals surface area contributed by atoms with E-state index in [1.807, 2.05) is 0 Å². The van der Waals surface area contributed by atoms with Gasteiger partial charge in [0, 0.05) is 19.3 Å². The molecule has 4 fully saturated rings. The highest BCUT2D eigenvalue weighted by atomic mass is 16.6. The van der Waals surface area contributed by atoms with Crippen LogP contribution >= 0.6 is 0 Å². The molecule has 1 aliphatic heterocycles. The first-order chi connectivity index (χ1) is 13.2. The Labute approximate surface area is 168 Å². The van der Waals surface area contributed by atoms with Gasteiger partial charge in [-0.2, -0.15) is 0 Å². The fraction of sp³-hybridized carbons (Fsp3) is 0.833. The maximum Gasteiger partial charge on any atom is 0.309 e. The van der Waals surface area contributed by atoms with E-state index in [4.69, 9.17) is 9.47 Å². The number of carbonyl (C=O) groups is 2. The molecule has 0 spiro atoms. The number of esters is 2. The second kappa shape index (κ2) is 6.09. The number of ether oxygens (including phenoxy) is 2. The largest absolute Gasteiger partial charge is 0.462 e. The molecule has 0 N–H and O–H groups in total. The smallest absolute Gasteiger partial charge is 0.309 e. The fourth-order valence-electron chi connectivity index (χ4n) is 8.41. The van der Waals surface area contributed by atoms with E-state index < -0.39 is 0 Å². The Kier molecular flexibility index (Phi) is 4.07. The zero-order valence-corrected chi connectivity index (χ0v) is 17.7. The second-order valence-corrected chi connectivity index (χ2v) is 10.8.